The van der Waals surface area contributed by atoms with Crippen molar-refractivity contribution in [1.29, 1.82) is 0 Å². The number of hydrogen-bond acceptors (Lipinski definition) is 4. The molecule has 0 spiro atoms. The van der Waals surface area contributed by atoms with Crippen molar-refractivity contribution in [3.63, 3.8) is 0 Å². The summed E-state index contributed by atoms with van der Waals surface area (Å²) in [5.41, 5.74) is 0.107. The quantitative estimate of drug-likeness (QED) is 0.496. The predicted octanol–water partition coefficient (Wildman–Crippen LogP) is 4.43. The summed E-state index contributed by atoms with van der Waals surface area (Å²) in [6, 6.07) is 13.3. The van der Waals surface area contributed by atoms with Gasteiger partial charge in [0, 0.05) is 23.6 Å². The lowest BCUT2D eigenvalue weighted by Crippen LogP contribution is -2.50. The Bertz CT molecular complexity index is 1300. The third-order valence-corrected chi connectivity index (χ3v) is 5.65. The third kappa shape index (κ3) is 3.35. The number of nitrogens with zero attached hydrogens (tertiary/aromatic N) is 2. The first-order chi connectivity index (χ1) is 15.4. The molecule has 32 heavy (non-hydrogen) atoms. The van der Waals surface area contributed by atoms with Gasteiger partial charge in [-0.1, -0.05) is 18.2 Å². The molecule has 0 aliphatic carbocycles. The molecule has 162 valence electrons. The van der Waals surface area contributed by atoms with E-state index in [2.05, 4.69) is 20.5 Å². The smallest absolute Gasteiger partial charge is 0.416 e. The standard InChI is InChI=1S/C23H17F3N4O2/c24-23(25,26)17-7-5-16(6-8-17)22(9-11-32-19-2-1-10-27-20(19)22)29-21(31)14-3-4-15-13-28-30-18(15)12-14/h1-8,10,12-13H,9,11H2,(H,28,30)(H,29,31). The van der Waals surface area contributed by atoms with Gasteiger partial charge >= 0.3 is 6.18 Å². The van der Waals surface area contributed by atoms with Crippen molar-refractivity contribution >= 4 is 16.8 Å². The summed E-state index contributed by atoms with van der Waals surface area (Å²) < 4.78 is 45.1. The third-order valence-electron chi connectivity index (χ3n) is 5.65. The zero-order chi connectivity index (χ0) is 22.3. The van der Waals surface area contributed by atoms with Gasteiger partial charge in [-0.25, -0.2) is 0 Å². The second-order valence-corrected chi connectivity index (χ2v) is 7.56. The lowest BCUT2D eigenvalue weighted by molar-refractivity contribution is -0.137. The highest BCUT2D eigenvalue weighted by atomic mass is 19.4. The molecule has 4 aromatic rings. The largest absolute Gasteiger partial charge is 0.491 e. The molecule has 1 aliphatic heterocycles. The van der Waals surface area contributed by atoms with Gasteiger partial charge in [0.2, 0.25) is 0 Å². The monoisotopic (exact) mass is 438 g/mol. The number of nitrogens with one attached hydrogen (secondary N) is 2. The van der Waals surface area contributed by atoms with Crippen LogP contribution in [0.3, 0.4) is 0 Å². The van der Waals surface area contributed by atoms with Crippen molar-refractivity contribution in [2.75, 3.05) is 6.61 Å². The van der Waals surface area contributed by atoms with Crippen molar-refractivity contribution in [1.82, 2.24) is 20.5 Å². The number of carbonyl (C=O) groups excluding carboxylic acids is 1. The van der Waals surface area contributed by atoms with Crippen LogP contribution in [0.25, 0.3) is 10.9 Å². The average molecular weight is 438 g/mol. The van der Waals surface area contributed by atoms with Crippen LogP contribution in [-0.4, -0.2) is 27.7 Å². The molecule has 0 radical (unpaired) electrons. The van der Waals surface area contributed by atoms with E-state index in [1.54, 1.807) is 42.7 Å². The van der Waals surface area contributed by atoms with Crippen molar-refractivity contribution in [3.8, 4) is 5.75 Å². The van der Waals surface area contributed by atoms with Gasteiger partial charge < -0.3 is 10.1 Å². The van der Waals surface area contributed by atoms with Crippen molar-refractivity contribution < 1.29 is 22.7 Å². The van der Waals surface area contributed by atoms with E-state index >= 15 is 0 Å². The van der Waals surface area contributed by atoms with Crippen LogP contribution in [0.1, 0.15) is 33.6 Å². The highest BCUT2D eigenvalue weighted by Gasteiger charge is 2.43. The highest BCUT2D eigenvalue weighted by Crippen LogP contribution is 2.41. The number of aromatic nitrogens is 3. The Kier molecular flexibility index (Phi) is 4.61. The average Bonchev–Trinajstić information content (AvgIpc) is 3.27. The number of fused-ring (bicyclic) bond motifs is 2. The van der Waals surface area contributed by atoms with Gasteiger partial charge in [-0.3, -0.25) is 14.9 Å². The zero-order valence-corrected chi connectivity index (χ0v) is 16.6. The van der Waals surface area contributed by atoms with E-state index in [0.29, 0.717) is 34.5 Å². The van der Waals surface area contributed by atoms with E-state index in [0.717, 1.165) is 17.5 Å². The maximum absolute atomic E-state index is 13.3. The number of rotatable bonds is 3. The summed E-state index contributed by atoms with van der Waals surface area (Å²) in [5, 5.41) is 10.7. The SMILES string of the molecule is O=C(NC1(c2ccc(C(F)(F)F)cc2)CCOc2cccnc21)c1ccc2cn[nH]c2c1. The predicted molar refractivity (Wildman–Crippen MR) is 110 cm³/mol. The topological polar surface area (TPSA) is 79.9 Å². The Morgan fingerprint density at radius 1 is 1.12 bits per heavy atom. The molecule has 6 nitrogen and oxygen atoms in total. The van der Waals surface area contributed by atoms with Gasteiger partial charge in [-0.15, -0.1) is 0 Å². The number of amides is 1. The lowest BCUT2D eigenvalue weighted by atomic mass is 9.80. The van der Waals surface area contributed by atoms with Crippen LogP contribution < -0.4 is 10.1 Å². The number of aromatic amines is 1. The fourth-order valence-electron chi connectivity index (χ4n) is 4.02. The minimum absolute atomic E-state index is 0.263. The summed E-state index contributed by atoms with van der Waals surface area (Å²) >= 11 is 0. The van der Waals surface area contributed by atoms with Crippen LogP contribution in [0, 0.1) is 0 Å². The Labute approximate surface area is 180 Å². The molecule has 0 fully saturated rings. The second-order valence-electron chi connectivity index (χ2n) is 7.56. The minimum atomic E-state index is -4.46. The van der Waals surface area contributed by atoms with Gasteiger partial charge in [0.05, 0.1) is 23.9 Å². The first-order valence-corrected chi connectivity index (χ1v) is 9.88. The first kappa shape index (κ1) is 20.0. The molecule has 2 N–H and O–H groups in total. The maximum atomic E-state index is 13.3. The highest BCUT2D eigenvalue weighted by molar-refractivity contribution is 5.98. The molecule has 0 bridgehead atoms. The van der Waals surface area contributed by atoms with Gasteiger partial charge in [0.15, 0.2) is 0 Å². The lowest BCUT2D eigenvalue weighted by Gasteiger charge is -2.39. The first-order valence-electron chi connectivity index (χ1n) is 9.88. The fraction of sp³-hybridized carbons (Fsp3) is 0.174. The molecular weight excluding hydrogens is 421 g/mol. The summed E-state index contributed by atoms with van der Waals surface area (Å²) in [6.07, 6.45) is -0.935. The van der Waals surface area contributed by atoms with E-state index < -0.39 is 17.3 Å². The molecule has 9 heteroatoms. The van der Waals surface area contributed by atoms with Crippen LogP contribution in [0.4, 0.5) is 13.2 Å². The number of carbonyl (C=O) groups is 1. The molecule has 2 aromatic heterocycles. The molecule has 1 unspecified atom stereocenters. The number of halogens is 3. The number of pyridine rings is 1. The van der Waals surface area contributed by atoms with E-state index in [1.165, 1.54) is 12.1 Å². The van der Waals surface area contributed by atoms with Crippen molar-refractivity contribution in [3.05, 3.63) is 89.4 Å². The molecule has 5 rings (SSSR count). The summed E-state index contributed by atoms with van der Waals surface area (Å²) in [5.74, 6) is 0.0860. The zero-order valence-electron chi connectivity index (χ0n) is 16.6. The molecule has 0 saturated heterocycles. The van der Waals surface area contributed by atoms with Crippen molar-refractivity contribution in [2.24, 2.45) is 0 Å². The molecule has 2 aromatic carbocycles. The molecular formula is C23H17F3N4O2. The van der Waals surface area contributed by atoms with Crippen LogP contribution in [0.5, 0.6) is 5.75 Å². The second kappa shape index (κ2) is 7.37. The Balaban J connectivity index is 1.60. The van der Waals surface area contributed by atoms with E-state index in [-0.39, 0.29) is 12.5 Å². The van der Waals surface area contributed by atoms with E-state index in [1.807, 2.05) is 0 Å². The molecule has 1 atom stereocenters. The fourth-order valence-corrected chi connectivity index (χ4v) is 4.02. The van der Waals surface area contributed by atoms with Crippen LogP contribution in [0.15, 0.2) is 67.0 Å². The molecule has 1 amide bonds. The van der Waals surface area contributed by atoms with Crippen LogP contribution >= 0.6 is 0 Å². The van der Waals surface area contributed by atoms with E-state index in [9.17, 15) is 18.0 Å². The van der Waals surface area contributed by atoms with Gasteiger partial charge in [-0.05, 0) is 42.0 Å². The Morgan fingerprint density at radius 2 is 1.94 bits per heavy atom. The number of benzene rings is 2. The Morgan fingerprint density at radius 3 is 2.72 bits per heavy atom. The molecule has 3 heterocycles. The molecule has 0 saturated carbocycles. The number of alkyl halides is 3. The summed E-state index contributed by atoms with van der Waals surface area (Å²) in [6.45, 7) is 0.263. The van der Waals surface area contributed by atoms with E-state index in [4.69, 9.17) is 4.74 Å². The van der Waals surface area contributed by atoms with Crippen LogP contribution in [0.2, 0.25) is 0 Å². The normalized spacial score (nSPS) is 18.1. The number of H-pyrrole nitrogens is 1. The van der Waals surface area contributed by atoms with Gasteiger partial charge in [0.25, 0.3) is 5.91 Å². The number of ether oxygens (including phenoxy) is 1. The Hall–Kier alpha value is -3.88. The van der Waals surface area contributed by atoms with Crippen LogP contribution in [-0.2, 0) is 11.7 Å². The minimum Gasteiger partial charge on any atom is -0.491 e. The van der Waals surface area contributed by atoms with Crippen molar-refractivity contribution in [2.45, 2.75) is 18.1 Å². The van der Waals surface area contributed by atoms with Gasteiger partial charge in [0.1, 0.15) is 17.0 Å². The summed E-state index contributed by atoms with van der Waals surface area (Å²) in [4.78, 5) is 17.7. The summed E-state index contributed by atoms with van der Waals surface area (Å²) in [7, 11) is 0. The van der Waals surface area contributed by atoms with Gasteiger partial charge in [-0.2, -0.15) is 18.3 Å². The molecule has 1 aliphatic rings. The maximum Gasteiger partial charge on any atom is 0.416 e. The number of hydrogen-bond donors (Lipinski definition) is 2.